The van der Waals surface area contributed by atoms with Gasteiger partial charge in [-0.25, -0.2) is 15.8 Å². The molecule has 0 amide bonds. The van der Waals surface area contributed by atoms with Crippen molar-refractivity contribution < 1.29 is 26.3 Å². The maximum absolute atomic E-state index is 12.5. The molecule has 0 saturated heterocycles. The van der Waals surface area contributed by atoms with E-state index >= 15 is 0 Å². The van der Waals surface area contributed by atoms with Crippen LogP contribution in [0.25, 0.3) is 0 Å². The number of alkyl halides is 6. The van der Waals surface area contributed by atoms with Crippen molar-refractivity contribution in [3.63, 3.8) is 0 Å². The second-order valence-electron chi connectivity index (χ2n) is 3.97. The van der Waals surface area contributed by atoms with Crippen LogP contribution >= 0.6 is 0 Å². The van der Waals surface area contributed by atoms with E-state index in [-0.39, 0.29) is 5.82 Å². The Hall–Kier alpha value is -1.78. The summed E-state index contributed by atoms with van der Waals surface area (Å²) in [5.41, 5.74) is 1.89. The van der Waals surface area contributed by atoms with Gasteiger partial charge in [-0.1, -0.05) is 0 Å². The van der Waals surface area contributed by atoms with Gasteiger partial charge >= 0.3 is 12.4 Å². The number of aromatic nitrogens is 2. The van der Waals surface area contributed by atoms with E-state index in [4.69, 9.17) is 5.84 Å². The van der Waals surface area contributed by atoms with Crippen molar-refractivity contribution in [2.24, 2.45) is 5.84 Å². The summed E-state index contributed by atoms with van der Waals surface area (Å²) in [6, 6.07) is -0.182. The Morgan fingerprint density at radius 3 is 2.15 bits per heavy atom. The maximum Gasteiger partial charge on any atom is 0.451 e. The summed E-state index contributed by atoms with van der Waals surface area (Å²) in [7, 11) is 0. The standard InChI is InChI=1S/C9H11F6N5/c1-4(3-8(10,11)12)17-5-2-6(20-16)19-7(18-5)9(13,14)15/h2,4H,3,16H2,1H3,(H2,17,18,19,20). The molecule has 0 bridgehead atoms. The molecule has 4 N–H and O–H groups in total. The number of nitrogens with one attached hydrogen (secondary N) is 2. The largest absolute Gasteiger partial charge is 0.451 e. The van der Waals surface area contributed by atoms with E-state index in [2.05, 4.69) is 15.3 Å². The van der Waals surface area contributed by atoms with Gasteiger partial charge in [0.25, 0.3) is 0 Å². The second kappa shape index (κ2) is 5.69. The number of hydrogen-bond acceptors (Lipinski definition) is 5. The summed E-state index contributed by atoms with van der Waals surface area (Å²) >= 11 is 0. The van der Waals surface area contributed by atoms with Crippen LogP contribution in [-0.2, 0) is 6.18 Å². The molecule has 0 aliphatic rings. The van der Waals surface area contributed by atoms with Crippen molar-refractivity contribution >= 4 is 11.6 Å². The predicted molar refractivity (Wildman–Crippen MR) is 58.6 cm³/mol. The Bertz CT molecular complexity index is 457. The average Bonchev–Trinajstić information content (AvgIpc) is 2.24. The van der Waals surface area contributed by atoms with Crippen molar-refractivity contribution in [2.45, 2.75) is 31.7 Å². The highest BCUT2D eigenvalue weighted by Crippen LogP contribution is 2.29. The van der Waals surface area contributed by atoms with Gasteiger partial charge in [-0.15, -0.1) is 0 Å². The van der Waals surface area contributed by atoms with Crippen LogP contribution in [0.5, 0.6) is 0 Å². The van der Waals surface area contributed by atoms with E-state index in [1.807, 2.05) is 5.43 Å². The Morgan fingerprint density at radius 2 is 1.70 bits per heavy atom. The first kappa shape index (κ1) is 16.3. The number of halogens is 6. The SMILES string of the molecule is CC(CC(F)(F)F)Nc1cc(NN)nc(C(F)(F)F)n1. The summed E-state index contributed by atoms with van der Waals surface area (Å²) in [5.74, 6) is 2.67. The van der Waals surface area contributed by atoms with Crippen molar-refractivity contribution in [1.29, 1.82) is 0 Å². The average molecular weight is 303 g/mol. The molecule has 11 heteroatoms. The fourth-order valence-electron chi connectivity index (χ4n) is 1.37. The molecule has 1 unspecified atom stereocenters. The Labute approximate surface area is 109 Å². The highest BCUT2D eigenvalue weighted by Gasteiger charge is 2.36. The third kappa shape index (κ3) is 5.07. The first-order valence-corrected chi connectivity index (χ1v) is 5.27. The lowest BCUT2D eigenvalue weighted by molar-refractivity contribution is -0.145. The van der Waals surface area contributed by atoms with Crippen LogP contribution in [0.4, 0.5) is 38.0 Å². The molecule has 0 spiro atoms. The topological polar surface area (TPSA) is 75.9 Å². The number of hydrazine groups is 1. The molecule has 1 aromatic rings. The summed E-state index contributed by atoms with van der Waals surface area (Å²) in [6.07, 6.45) is -10.5. The lowest BCUT2D eigenvalue weighted by Crippen LogP contribution is -2.25. The van der Waals surface area contributed by atoms with E-state index in [0.29, 0.717) is 0 Å². The van der Waals surface area contributed by atoms with Gasteiger partial charge < -0.3 is 10.7 Å². The molecule has 0 aromatic carbocycles. The van der Waals surface area contributed by atoms with Gasteiger partial charge in [-0.05, 0) is 6.92 Å². The fraction of sp³-hybridized carbons (Fsp3) is 0.556. The minimum absolute atomic E-state index is 0.367. The third-order valence-corrected chi connectivity index (χ3v) is 2.06. The third-order valence-electron chi connectivity index (χ3n) is 2.06. The number of anilines is 2. The molecule has 114 valence electrons. The highest BCUT2D eigenvalue weighted by atomic mass is 19.4. The lowest BCUT2D eigenvalue weighted by atomic mass is 10.2. The molecule has 1 rings (SSSR count). The van der Waals surface area contributed by atoms with Crippen molar-refractivity contribution in [1.82, 2.24) is 9.97 Å². The van der Waals surface area contributed by atoms with Crippen molar-refractivity contribution in [3.05, 3.63) is 11.9 Å². The van der Waals surface area contributed by atoms with E-state index in [1.165, 1.54) is 6.92 Å². The summed E-state index contributed by atoms with van der Waals surface area (Å²) in [5, 5.41) is 2.22. The first-order valence-electron chi connectivity index (χ1n) is 5.27. The molecule has 1 aromatic heterocycles. The number of nitrogens with two attached hydrogens (primary N) is 1. The monoisotopic (exact) mass is 303 g/mol. The van der Waals surface area contributed by atoms with Gasteiger partial charge in [0.1, 0.15) is 11.6 Å². The first-order chi connectivity index (χ1) is 9.01. The van der Waals surface area contributed by atoms with Crippen molar-refractivity contribution in [3.8, 4) is 0 Å². The van der Waals surface area contributed by atoms with Crippen LogP contribution in [0, 0.1) is 0 Å². The molecular weight excluding hydrogens is 292 g/mol. The molecule has 1 heterocycles. The lowest BCUT2D eigenvalue weighted by Gasteiger charge is -2.17. The number of rotatable bonds is 4. The molecule has 20 heavy (non-hydrogen) atoms. The Balaban J connectivity index is 2.95. The van der Waals surface area contributed by atoms with Crippen LogP contribution in [-0.4, -0.2) is 22.2 Å². The minimum atomic E-state index is -4.84. The van der Waals surface area contributed by atoms with Crippen molar-refractivity contribution in [2.75, 3.05) is 10.7 Å². The number of hydrogen-bond donors (Lipinski definition) is 3. The maximum atomic E-state index is 12.5. The zero-order valence-electron chi connectivity index (χ0n) is 10.1. The van der Waals surface area contributed by atoms with Gasteiger partial charge in [-0.3, -0.25) is 0 Å². The molecule has 0 fully saturated rings. The quantitative estimate of drug-likeness (QED) is 0.453. The molecular formula is C9H11F6N5. The summed E-state index contributed by atoms with van der Waals surface area (Å²) in [4.78, 5) is 6.18. The molecule has 0 saturated carbocycles. The predicted octanol–water partition coefficient (Wildman–Crippen LogP) is 2.53. The van der Waals surface area contributed by atoms with E-state index in [0.717, 1.165) is 6.07 Å². The summed E-state index contributed by atoms with van der Waals surface area (Å²) in [6.45, 7) is 1.17. The van der Waals surface area contributed by atoms with E-state index in [9.17, 15) is 26.3 Å². The highest BCUT2D eigenvalue weighted by molar-refractivity contribution is 5.47. The van der Waals surface area contributed by atoms with Crippen LogP contribution in [0.15, 0.2) is 6.07 Å². The van der Waals surface area contributed by atoms with Crippen LogP contribution < -0.4 is 16.6 Å². The zero-order chi connectivity index (χ0) is 15.6. The Kier molecular flexibility index (Phi) is 4.63. The van der Waals surface area contributed by atoms with Crippen LogP contribution in [0.1, 0.15) is 19.2 Å². The number of nitrogens with zero attached hydrogens (tertiary/aromatic N) is 2. The molecule has 5 nitrogen and oxygen atoms in total. The van der Waals surface area contributed by atoms with Crippen LogP contribution in [0.3, 0.4) is 0 Å². The zero-order valence-corrected chi connectivity index (χ0v) is 10.1. The van der Waals surface area contributed by atoms with Gasteiger partial charge in [-0.2, -0.15) is 26.3 Å². The molecule has 1 atom stereocenters. The van der Waals surface area contributed by atoms with E-state index < -0.39 is 36.5 Å². The number of nitrogen functional groups attached to an aromatic ring is 1. The fourth-order valence-corrected chi connectivity index (χ4v) is 1.37. The van der Waals surface area contributed by atoms with Gasteiger partial charge in [0, 0.05) is 12.1 Å². The van der Waals surface area contributed by atoms with Gasteiger partial charge in [0.2, 0.25) is 5.82 Å². The molecule has 0 aliphatic carbocycles. The molecule has 0 aliphatic heterocycles. The van der Waals surface area contributed by atoms with Gasteiger partial charge in [0.15, 0.2) is 0 Å². The Morgan fingerprint density at radius 1 is 1.15 bits per heavy atom. The smallest absolute Gasteiger partial charge is 0.367 e. The normalized spacial score (nSPS) is 14.0. The van der Waals surface area contributed by atoms with Crippen LogP contribution in [0.2, 0.25) is 0 Å². The minimum Gasteiger partial charge on any atom is -0.367 e. The molecule has 0 radical (unpaired) electrons. The van der Waals surface area contributed by atoms with E-state index in [1.54, 1.807) is 0 Å². The second-order valence-corrected chi connectivity index (χ2v) is 3.97. The van der Waals surface area contributed by atoms with Gasteiger partial charge in [0.05, 0.1) is 6.42 Å². The summed E-state index contributed by atoms with van der Waals surface area (Å²) < 4.78 is 73.9.